The topological polar surface area (TPSA) is 56.3 Å². The second-order valence-corrected chi connectivity index (χ2v) is 6.94. The molecule has 0 fully saturated rings. The van der Waals surface area contributed by atoms with Crippen LogP contribution in [-0.4, -0.2) is 51.0 Å². The smallest absolute Gasteiger partial charge is 0.0482 e. The van der Waals surface area contributed by atoms with Crippen molar-refractivity contribution in [2.75, 3.05) is 45.9 Å². The zero-order chi connectivity index (χ0) is 14.8. The van der Waals surface area contributed by atoms with Gasteiger partial charge in [-0.05, 0) is 23.8 Å². The Morgan fingerprint density at radius 2 is 1.32 bits per heavy atom. The molecule has 0 aliphatic heterocycles. The minimum atomic E-state index is 0.00918. The van der Waals surface area contributed by atoms with Crippen molar-refractivity contribution in [3.8, 4) is 0 Å². The van der Waals surface area contributed by atoms with Crippen LogP contribution in [0.1, 0.15) is 41.0 Å². The second kappa shape index (κ2) is 9.70. The van der Waals surface area contributed by atoms with Gasteiger partial charge in [-0.1, -0.05) is 34.6 Å². The van der Waals surface area contributed by atoms with Gasteiger partial charge in [-0.15, -0.1) is 0 Å². The van der Waals surface area contributed by atoms with Crippen LogP contribution in [0.15, 0.2) is 0 Å². The Morgan fingerprint density at radius 3 is 1.84 bits per heavy atom. The number of nitrogens with one attached hydrogen (secondary N) is 3. The van der Waals surface area contributed by atoms with Crippen molar-refractivity contribution in [2.24, 2.45) is 10.8 Å². The third-order valence-electron chi connectivity index (χ3n) is 3.20. The number of hydrogen-bond donors (Lipinski definition) is 4. The van der Waals surface area contributed by atoms with E-state index in [-0.39, 0.29) is 17.4 Å². The molecule has 0 aromatic heterocycles. The SMILES string of the molecule is CCNCCNCCNCC(C)(C)CC(C)(C)CO. The molecule has 0 amide bonds. The van der Waals surface area contributed by atoms with Gasteiger partial charge in [0.2, 0.25) is 0 Å². The molecule has 0 aliphatic rings. The molecule has 19 heavy (non-hydrogen) atoms. The van der Waals surface area contributed by atoms with E-state index in [2.05, 4.69) is 50.6 Å². The number of aliphatic hydroxyl groups is 1. The van der Waals surface area contributed by atoms with E-state index >= 15 is 0 Å². The fraction of sp³-hybridized carbons (Fsp3) is 1.00. The molecule has 0 aromatic rings. The van der Waals surface area contributed by atoms with Crippen LogP contribution in [0, 0.1) is 10.8 Å². The standard InChI is InChI=1S/C15H35N3O/c1-6-16-7-8-17-9-10-18-12-14(2,3)11-15(4,5)13-19/h16-19H,6-13H2,1-5H3. The van der Waals surface area contributed by atoms with Gasteiger partial charge in [0.1, 0.15) is 0 Å². The van der Waals surface area contributed by atoms with Crippen molar-refractivity contribution in [1.29, 1.82) is 0 Å². The lowest BCUT2D eigenvalue weighted by Gasteiger charge is -2.34. The molecule has 4 N–H and O–H groups in total. The van der Waals surface area contributed by atoms with E-state index in [0.717, 1.165) is 45.7 Å². The molecular weight excluding hydrogens is 238 g/mol. The lowest BCUT2D eigenvalue weighted by molar-refractivity contribution is 0.102. The lowest BCUT2D eigenvalue weighted by Crippen LogP contribution is -2.38. The van der Waals surface area contributed by atoms with E-state index in [1.165, 1.54) is 0 Å². The first-order valence-corrected chi connectivity index (χ1v) is 7.56. The quantitative estimate of drug-likeness (QED) is 0.404. The predicted molar refractivity (Wildman–Crippen MR) is 83.5 cm³/mol. The van der Waals surface area contributed by atoms with Gasteiger partial charge in [0.15, 0.2) is 0 Å². The molecule has 0 bridgehead atoms. The second-order valence-electron chi connectivity index (χ2n) is 6.94. The number of rotatable bonds is 12. The third kappa shape index (κ3) is 11.4. The molecule has 116 valence electrons. The van der Waals surface area contributed by atoms with Gasteiger partial charge in [-0.3, -0.25) is 0 Å². The Kier molecular flexibility index (Phi) is 9.62. The van der Waals surface area contributed by atoms with Crippen molar-refractivity contribution in [1.82, 2.24) is 16.0 Å². The van der Waals surface area contributed by atoms with Crippen molar-refractivity contribution in [3.05, 3.63) is 0 Å². The highest BCUT2D eigenvalue weighted by atomic mass is 16.3. The van der Waals surface area contributed by atoms with Gasteiger partial charge < -0.3 is 21.1 Å². The van der Waals surface area contributed by atoms with Gasteiger partial charge in [0.25, 0.3) is 0 Å². The van der Waals surface area contributed by atoms with Gasteiger partial charge in [0.05, 0.1) is 0 Å². The molecule has 0 unspecified atom stereocenters. The Balaban J connectivity index is 3.59. The van der Waals surface area contributed by atoms with Gasteiger partial charge in [-0.2, -0.15) is 0 Å². The minimum Gasteiger partial charge on any atom is -0.396 e. The Bertz CT molecular complexity index is 217. The number of likely N-dealkylation sites (N-methyl/N-ethyl adjacent to an activating group) is 1. The van der Waals surface area contributed by atoms with Gasteiger partial charge in [0, 0.05) is 39.3 Å². The summed E-state index contributed by atoms with van der Waals surface area (Å²) in [4.78, 5) is 0. The van der Waals surface area contributed by atoms with Crippen molar-refractivity contribution < 1.29 is 5.11 Å². The van der Waals surface area contributed by atoms with E-state index < -0.39 is 0 Å². The van der Waals surface area contributed by atoms with Crippen molar-refractivity contribution in [2.45, 2.75) is 41.0 Å². The highest BCUT2D eigenvalue weighted by molar-refractivity contribution is 4.80. The molecule has 0 rings (SSSR count). The van der Waals surface area contributed by atoms with Crippen LogP contribution in [0.2, 0.25) is 0 Å². The lowest BCUT2D eigenvalue weighted by atomic mass is 9.75. The summed E-state index contributed by atoms with van der Waals surface area (Å²) >= 11 is 0. The maximum absolute atomic E-state index is 9.33. The molecule has 4 nitrogen and oxygen atoms in total. The molecule has 0 heterocycles. The van der Waals surface area contributed by atoms with E-state index in [0.29, 0.717) is 0 Å². The number of aliphatic hydroxyl groups excluding tert-OH is 1. The van der Waals surface area contributed by atoms with Crippen LogP contribution in [-0.2, 0) is 0 Å². The average Bonchev–Trinajstić information content (AvgIpc) is 2.31. The first kappa shape index (κ1) is 18.8. The fourth-order valence-electron chi connectivity index (χ4n) is 2.50. The van der Waals surface area contributed by atoms with Gasteiger partial charge >= 0.3 is 0 Å². The Hall–Kier alpha value is -0.160. The first-order valence-electron chi connectivity index (χ1n) is 7.56. The summed E-state index contributed by atoms with van der Waals surface area (Å²) in [6.07, 6.45) is 1.03. The summed E-state index contributed by atoms with van der Waals surface area (Å²) in [5.41, 5.74) is 0.227. The summed E-state index contributed by atoms with van der Waals surface area (Å²) in [5, 5.41) is 19.5. The molecule has 4 heteroatoms. The van der Waals surface area contributed by atoms with Crippen LogP contribution < -0.4 is 16.0 Å². The van der Waals surface area contributed by atoms with Crippen LogP contribution in [0.5, 0.6) is 0 Å². The summed E-state index contributed by atoms with van der Waals surface area (Å²) in [6, 6.07) is 0. The largest absolute Gasteiger partial charge is 0.396 e. The molecule has 0 aliphatic carbocycles. The monoisotopic (exact) mass is 273 g/mol. The average molecular weight is 273 g/mol. The molecule has 0 atom stereocenters. The molecule has 0 saturated carbocycles. The summed E-state index contributed by atoms with van der Waals surface area (Å²) < 4.78 is 0. The molecule has 0 saturated heterocycles. The summed E-state index contributed by atoms with van der Waals surface area (Å²) in [5.74, 6) is 0. The zero-order valence-corrected chi connectivity index (χ0v) is 13.6. The summed E-state index contributed by atoms with van der Waals surface area (Å²) in [6.45, 7) is 17.2. The normalized spacial score (nSPS) is 12.9. The van der Waals surface area contributed by atoms with Crippen LogP contribution in [0.4, 0.5) is 0 Å². The summed E-state index contributed by atoms with van der Waals surface area (Å²) in [7, 11) is 0. The van der Waals surface area contributed by atoms with Crippen molar-refractivity contribution in [3.63, 3.8) is 0 Å². The maximum atomic E-state index is 9.33. The Morgan fingerprint density at radius 1 is 0.789 bits per heavy atom. The fourth-order valence-corrected chi connectivity index (χ4v) is 2.50. The van der Waals surface area contributed by atoms with Gasteiger partial charge in [-0.25, -0.2) is 0 Å². The zero-order valence-electron chi connectivity index (χ0n) is 13.6. The van der Waals surface area contributed by atoms with E-state index in [1.807, 2.05) is 0 Å². The maximum Gasteiger partial charge on any atom is 0.0482 e. The minimum absolute atomic E-state index is 0.00918. The first-order chi connectivity index (χ1) is 8.83. The van der Waals surface area contributed by atoms with Crippen LogP contribution in [0.25, 0.3) is 0 Å². The highest BCUT2D eigenvalue weighted by Gasteiger charge is 2.27. The van der Waals surface area contributed by atoms with E-state index in [4.69, 9.17) is 0 Å². The molecule has 0 spiro atoms. The number of hydrogen-bond acceptors (Lipinski definition) is 4. The predicted octanol–water partition coefficient (Wildman–Crippen LogP) is 1.21. The van der Waals surface area contributed by atoms with Crippen LogP contribution in [0.3, 0.4) is 0 Å². The molecule has 0 radical (unpaired) electrons. The Labute approximate surface area is 119 Å². The van der Waals surface area contributed by atoms with E-state index in [9.17, 15) is 5.11 Å². The third-order valence-corrected chi connectivity index (χ3v) is 3.20. The molecular formula is C15H35N3O. The molecule has 0 aromatic carbocycles. The van der Waals surface area contributed by atoms with Crippen LogP contribution >= 0.6 is 0 Å². The van der Waals surface area contributed by atoms with Crippen molar-refractivity contribution >= 4 is 0 Å². The highest BCUT2D eigenvalue weighted by Crippen LogP contribution is 2.32. The van der Waals surface area contributed by atoms with E-state index in [1.54, 1.807) is 0 Å².